The molecule has 1 amide bonds. The molecule has 0 aromatic carbocycles. The highest BCUT2D eigenvalue weighted by atomic mass is 16.6. The van der Waals surface area contributed by atoms with E-state index < -0.39 is 0 Å². The summed E-state index contributed by atoms with van der Waals surface area (Å²) in [5, 5.41) is 0. The van der Waals surface area contributed by atoms with E-state index in [4.69, 9.17) is 4.74 Å². The molecule has 0 unspecified atom stereocenters. The second-order valence-electron chi connectivity index (χ2n) is 4.49. The highest BCUT2D eigenvalue weighted by molar-refractivity contribution is 5.68. The van der Waals surface area contributed by atoms with Crippen molar-refractivity contribution in [3.05, 3.63) is 0 Å². The average Bonchev–Trinajstić information content (AvgIpc) is 3.02. The Morgan fingerprint density at radius 2 is 1.79 bits per heavy atom. The number of carbonyl (C=O) groups is 1. The van der Waals surface area contributed by atoms with Crippen molar-refractivity contribution in [1.29, 1.82) is 0 Å². The van der Waals surface area contributed by atoms with Crippen molar-refractivity contribution in [2.45, 2.75) is 57.1 Å². The van der Waals surface area contributed by atoms with Crippen molar-refractivity contribution in [3.63, 3.8) is 0 Å². The second-order valence-corrected chi connectivity index (χ2v) is 4.49. The van der Waals surface area contributed by atoms with Gasteiger partial charge in [0.15, 0.2) is 0 Å². The third-order valence-electron chi connectivity index (χ3n) is 3.20. The van der Waals surface area contributed by atoms with E-state index in [1.165, 1.54) is 19.3 Å². The van der Waals surface area contributed by atoms with E-state index in [0.717, 1.165) is 25.7 Å². The van der Waals surface area contributed by atoms with Crippen molar-refractivity contribution in [1.82, 2.24) is 4.90 Å². The first-order valence-electron chi connectivity index (χ1n) is 5.71. The van der Waals surface area contributed by atoms with Crippen LogP contribution in [-0.2, 0) is 4.74 Å². The summed E-state index contributed by atoms with van der Waals surface area (Å²) in [7, 11) is 1.88. The Bertz CT molecular complexity index is 207. The molecule has 0 bridgehead atoms. The van der Waals surface area contributed by atoms with Gasteiger partial charge in [-0.25, -0.2) is 4.79 Å². The first-order chi connectivity index (χ1) is 6.77. The molecule has 2 rings (SSSR count). The molecule has 0 spiro atoms. The zero-order valence-corrected chi connectivity index (χ0v) is 8.87. The molecule has 0 aromatic rings. The second kappa shape index (κ2) is 4.20. The first kappa shape index (κ1) is 9.81. The first-order valence-corrected chi connectivity index (χ1v) is 5.71. The zero-order chi connectivity index (χ0) is 9.97. The van der Waals surface area contributed by atoms with Crippen LogP contribution in [0.5, 0.6) is 0 Å². The zero-order valence-electron chi connectivity index (χ0n) is 8.87. The summed E-state index contributed by atoms with van der Waals surface area (Å²) in [5.74, 6) is 0. The van der Waals surface area contributed by atoms with Crippen LogP contribution >= 0.6 is 0 Å². The topological polar surface area (TPSA) is 29.5 Å². The van der Waals surface area contributed by atoms with Crippen LogP contribution in [0.3, 0.4) is 0 Å². The standard InChI is InChI=1S/C11H19NO2/c1-12(9-5-3-2-4-6-9)11(13)14-10-7-8-10/h9-10H,2-8H2,1H3. The van der Waals surface area contributed by atoms with Crippen LogP contribution in [0.1, 0.15) is 44.9 Å². The summed E-state index contributed by atoms with van der Waals surface area (Å²) >= 11 is 0. The molecule has 2 saturated carbocycles. The predicted octanol–water partition coefficient (Wildman–Crippen LogP) is 2.55. The molecule has 0 heterocycles. The van der Waals surface area contributed by atoms with Gasteiger partial charge in [0.1, 0.15) is 6.10 Å². The SMILES string of the molecule is CN(C(=O)OC1CC1)C1CCCCC1. The predicted molar refractivity (Wildman–Crippen MR) is 54.1 cm³/mol. The number of ether oxygens (including phenoxy) is 1. The average molecular weight is 197 g/mol. The van der Waals surface area contributed by atoms with Crippen molar-refractivity contribution in [2.24, 2.45) is 0 Å². The monoisotopic (exact) mass is 197 g/mol. The van der Waals surface area contributed by atoms with Gasteiger partial charge >= 0.3 is 6.09 Å². The van der Waals surface area contributed by atoms with Crippen molar-refractivity contribution in [2.75, 3.05) is 7.05 Å². The lowest BCUT2D eigenvalue weighted by Crippen LogP contribution is -2.38. The minimum Gasteiger partial charge on any atom is -0.446 e. The number of nitrogens with zero attached hydrogens (tertiary/aromatic N) is 1. The number of amides is 1. The Morgan fingerprint density at radius 1 is 1.14 bits per heavy atom. The molecule has 3 heteroatoms. The molecule has 0 saturated heterocycles. The molecule has 0 atom stereocenters. The van der Waals surface area contributed by atoms with Gasteiger partial charge in [-0.05, 0) is 25.7 Å². The van der Waals surface area contributed by atoms with E-state index in [0.29, 0.717) is 6.04 Å². The molecule has 80 valence electrons. The van der Waals surface area contributed by atoms with Gasteiger partial charge in [0.2, 0.25) is 0 Å². The van der Waals surface area contributed by atoms with Crippen LogP contribution in [0.4, 0.5) is 4.79 Å². The van der Waals surface area contributed by atoms with Crippen LogP contribution < -0.4 is 0 Å². The molecule has 0 aromatic heterocycles. The molecule has 2 aliphatic carbocycles. The summed E-state index contributed by atoms with van der Waals surface area (Å²) in [6.07, 6.45) is 8.37. The normalized spacial score (nSPS) is 23.2. The Morgan fingerprint density at radius 3 is 2.36 bits per heavy atom. The van der Waals surface area contributed by atoms with Gasteiger partial charge in [-0.2, -0.15) is 0 Å². The van der Waals surface area contributed by atoms with Gasteiger partial charge in [0.05, 0.1) is 0 Å². The van der Waals surface area contributed by atoms with Gasteiger partial charge < -0.3 is 9.64 Å². The summed E-state index contributed by atoms with van der Waals surface area (Å²) in [6.45, 7) is 0. The van der Waals surface area contributed by atoms with E-state index in [1.54, 1.807) is 4.90 Å². The molecule has 14 heavy (non-hydrogen) atoms. The highest BCUT2D eigenvalue weighted by Crippen LogP contribution is 2.26. The smallest absolute Gasteiger partial charge is 0.410 e. The van der Waals surface area contributed by atoms with E-state index in [-0.39, 0.29) is 12.2 Å². The molecular formula is C11H19NO2. The fourth-order valence-electron chi connectivity index (χ4n) is 2.03. The number of rotatable bonds is 2. The third kappa shape index (κ3) is 2.40. The third-order valence-corrected chi connectivity index (χ3v) is 3.20. The van der Waals surface area contributed by atoms with Gasteiger partial charge in [0, 0.05) is 13.1 Å². The molecule has 2 aliphatic rings. The molecule has 0 radical (unpaired) electrons. The number of carbonyl (C=O) groups excluding carboxylic acids is 1. The Balaban J connectivity index is 1.78. The Labute approximate surface area is 85.4 Å². The summed E-state index contributed by atoms with van der Waals surface area (Å²) in [5.41, 5.74) is 0. The maximum atomic E-state index is 11.6. The fraction of sp³-hybridized carbons (Fsp3) is 0.909. The van der Waals surface area contributed by atoms with Crippen molar-refractivity contribution in [3.8, 4) is 0 Å². The number of hydrogen-bond acceptors (Lipinski definition) is 2. The van der Waals surface area contributed by atoms with Crippen LogP contribution in [0.25, 0.3) is 0 Å². The van der Waals surface area contributed by atoms with E-state index in [2.05, 4.69) is 0 Å². The molecule has 0 N–H and O–H groups in total. The Hall–Kier alpha value is -0.730. The molecular weight excluding hydrogens is 178 g/mol. The van der Waals surface area contributed by atoms with Crippen LogP contribution in [0.15, 0.2) is 0 Å². The largest absolute Gasteiger partial charge is 0.446 e. The van der Waals surface area contributed by atoms with Gasteiger partial charge in [-0.15, -0.1) is 0 Å². The van der Waals surface area contributed by atoms with Crippen LogP contribution in [0.2, 0.25) is 0 Å². The summed E-state index contributed by atoms with van der Waals surface area (Å²) in [6, 6.07) is 0.426. The molecule has 0 aliphatic heterocycles. The van der Waals surface area contributed by atoms with Gasteiger partial charge in [-0.1, -0.05) is 19.3 Å². The lowest BCUT2D eigenvalue weighted by Gasteiger charge is -2.30. The van der Waals surface area contributed by atoms with Crippen molar-refractivity contribution < 1.29 is 9.53 Å². The fourth-order valence-corrected chi connectivity index (χ4v) is 2.03. The van der Waals surface area contributed by atoms with E-state index in [9.17, 15) is 4.79 Å². The highest BCUT2D eigenvalue weighted by Gasteiger charge is 2.30. The van der Waals surface area contributed by atoms with Gasteiger partial charge in [0.25, 0.3) is 0 Å². The molecule has 2 fully saturated rings. The minimum absolute atomic E-state index is 0.112. The lowest BCUT2D eigenvalue weighted by molar-refractivity contribution is 0.0833. The van der Waals surface area contributed by atoms with Gasteiger partial charge in [-0.3, -0.25) is 0 Å². The quantitative estimate of drug-likeness (QED) is 0.681. The Kier molecular flexibility index (Phi) is 2.94. The minimum atomic E-state index is -0.112. The van der Waals surface area contributed by atoms with Crippen molar-refractivity contribution >= 4 is 6.09 Å². The van der Waals surface area contributed by atoms with Crippen LogP contribution in [-0.4, -0.2) is 30.2 Å². The maximum absolute atomic E-state index is 11.6. The lowest BCUT2D eigenvalue weighted by atomic mass is 9.95. The van der Waals surface area contributed by atoms with E-state index >= 15 is 0 Å². The number of hydrogen-bond donors (Lipinski definition) is 0. The summed E-state index contributed by atoms with van der Waals surface area (Å²) in [4.78, 5) is 13.4. The maximum Gasteiger partial charge on any atom is 0.410 e. The molecule has 3 nitrogen and oxygen atoms in total. The van der Waals surface area contributed by atoms with Crippen LogP contribution in [0, 0.1) is 0 Å². The summed E-state index contributed by atoms with van der Waals surface area (Å²) < 4.78 is 5.26. The van der Waals surface area contributed by atoms with E-state index in [1.807, 2.05) is 7.05 Å².